The molecule has 1 saturated heterocycles. The largest absolute Gasteiger partial charge is 0.446 e. The lowest BCUT2D eigenvalue weighted by molar-refractivity contribution is -0.136. The van der Waals surface area contributed by atoms with E-state index < -0.39 is 18.0 Å². The normalized spacial score (nSPS) is 24.7. The predicted molar refractivity (Wildman–Crippen MR) is 114 cm³/mol. The van der Waals surface area contributed by atoms with E-state index >= 15 is 0 Å². The van der Waals surface area contributed by atoms with Crippen molar-refractivity contribution in [1.29, 1.82) is 0 Å². The number of rotatable bonds is 4. The van der Waals surface area contributed by atoms with Gasteiger partial charge in [-0.3, -0.25) is 19.7 Å². The van der Waals surface area contributed by atoms with E-state index in [2.05, 4.69) is 10.6 Å². The van der Waals surface area contributed by atoms with E-state index in [1.54, 1.807) is 6.07 Å². The quantitative estimate of drug-likeness (QED) is 0.702. The van der Waals surface area contributed by atoms with Crippen LogP contribution in [0.5, 0.6) is 0 Å². The van der Waals surface area contributed by atoms with Crippen LogP contribution in [0, 0.1) is 5.41 Å². The maximum absolute atomic E-state index is 12.9. The van der Waals surface area contributed by atoms with Crippen LogP contribution in [0.4, 0.5) is 4.79 Å². The molecule has 2 N–H and O–H groups in total. The highest BCUT2D eigenvalue weighted by molar-refractivity contribution is 6.05. The van der Waals surface area contributed by atoms with Crippen molar-refractivity contribution >= 4 is 23.8 Å². The number of amides is 4. The molecule has 0 bridgehead atoms. The summed E-state index contributed by atoms with van der Waals surface area (Å²) < 4.78 is 5.61. The van der Waals surface area contributed by atoms with E-state index in [0.717, 1.165) is 36.8 Å². The minimum absolute atomic E-state index is 0.00935. The summed E-state index contributed by atoms with van der Waals surface area (Å²) in [4.78, 5) is 50.3. The van der Waals surface area contributed by atoms with E-state index in [1.807, 2.05) is 12.1 Å². The number of hydrogen-bond acceptors (Lipinski definition) is 5. The molecular weight excluding hydrogens is 410 g/mol. The lowest BCUT2D eigenvalue weighted by atomic mass is 9.60. The Morgan fingerprint density at radius 1 is 1.12 bits per heavy atom. The second-order valence-corrected chi connectivity index (χ2v) is 9.70. The SMILES string of the molecule is O=C1CCC(N2Cc3ccc(CNC(=O)OC4CCC5(CCC5)CC4)cc3C2=O)C(=O)N1. The number of ether oxygens (including phenoxy) is 1. The van der Waals surface area contributed by atoms with Gasteiger partial charge < -0.3 is 15.0 Å². The summed E-state index contributed by atoms with van der Waals surface area (Å²) in [6, 6.07) is 4.88. The van der Waals surface area contributed by atoms with Gasteiger partial charge in [0.15, 0.2) is 0 Å². The van der Waals surface area contributed by atoms with Crippen molar-refractivity contribution in [2.75, 3.05) is 0 Å². The first-order chi connectivity index (χ1) is 15.4. The predicted octanol–water partition coefficient (Wildman–Crippen LogP) is 2.79. The second kappa shape index (κ2) is 8.22. The van der Waals surface area contributed by atoms with Crippen molar-refractivity contribution in [3.8, 4) is 0 Å². The Kier molecular flexibility index (Phi) is 5.39. The third-order valence-corrected chi connectivity index (χ3v) is 7.71. The molecule has 5 rings (SSSR count). The summed E-state index contributed by atoms with van der Waals surface area (Å²) in [6.45, 7) is 0.619. The van der Waals surface area contributed by atoms with Gasteiger partial charge in [-0.1, -0.05) is 18.6 Å². The fourth-order valence-corrected chi connectivity index (χ4v) is 5.58. The lowest BCUT2D eigenvalue weighted by Crippen LogP contribution is -2.52. The summed E-state index contributed by atoms with van der Waals surface area (Å²) in [5, 5.41) is 5.11. The molecule has 0 radical (unpaired) electrons. The van der Waals surface area contributed by atoms with E-state index in [4.69, 9.17) is 4.74 Å². The monoisotopic (exact) mass is 439 g/mol. The summed E-state index contributed by atoms with van der Waals surface area (Å²) in [6.07, 6.45) is 8.32. The first kappa shape index (κ1) is 21.0. The lowest BCUT2D eigenvalue weighted by Gasteiger charge is -2.46. The molecule has 2 heterocycles. The zero-order chi connectivity index (χ0) is 22.3. The number of carbonyl (C=O) groups is 4. The Balaban J connectivity index is 1.14. The molecule has 1 aromatic carbocycles. The van der Waals surface area contributed by atoms with Crippen molar-refractivity contribution in [1.82, 2.24) is 15.5 Å². The van der Waals surface area contributed by atoms with Gasteiger partial charge in [-0.05, 0) is 67.6 Å². The maximum Gasteiger partial charge on any atom is 0.407 e. The van der Waals surface area contributed by atoms with Crippen LogP contribution in [0.25, 0.3) is 0 Å². The number of nitrogens with zero attached hydrogens (tertiary/aromatic N) is 1. The highest BCUT2D eigenvalue weighted by Crippen LogP contribution is 2.51. The second-order valence-electron chi connectivity index (χ2n) is 9.70. The summed E-state index contributed by atoms with van der Waals surface area (Å²) in [5.74, 6) is -0.935. The number of hydrogen-bond donors (Lipinski definition) is 2. The van der Waals surface area contributed by atoms with E-state index in [9.17, 15) is 19.2 Å². The molecule has 1 atom stereocenters. The van der Waals surface area contributed by atoms with Crippen LogP contribution in [0.2, 0.25) is 0 Å². The van der Waals surface area contributed by atoms with Crippen molar-refractivity contribution < 1.29 is 23.9 Å². The van der Waals surface area contributed by atoms with Gasteiger partial charge in [0.1, 0.15) is 12.1 Å². The minimum Gasteiger partial charge on any atom is -0.446 e. The molecule has 4 amide bonds. The Hall–Kier alpha value is -2.90. The number of fused-ring (bicyclic) bond motifs is 1. The number of benzene rings is 1. The van der Waals surface area contributed by atoms with Crippen LogP contribution in [-0.4, -0.2) is 40.9 Å². The molecule has 4 aliphatic rings. The van der Waals surface area contributed by atoms with Crippen molar-refractivity contribution in [2.24, 2.45) is 5.41 Å². The molecule has 3 fully saturated rings. The third kappa shape index (κ3) is 3.98. The molecule has 2 aliphatic carbocycles. The highest BCUT2D eigenvalue weighted by Gasteiger charge is 2.41. The molecule has 1 aromatic rings. The molecule has 32 heavy (non-hydrogen) atoms. The van der Waals surface area contributed by atoms with Crippen LogP contribution in [0.15, 0.2) is 18.2 Å². The molecule has 1 spiro atoms. The Bertz CT molecular complexity index is 960. The van der Waals surface area contributed by atoms with Gasteiger partial charge in [0.05, 0.1) is 0 Å². The fourth-order valence-electron chi connectivity index (χ4n) is 5.58. The van der Waals surface area contributed by atoms with E-state index in [0.29, 0.717) is 23.9 Å². The van der Waals surface area contributed by atoms with Crippen molar-refractivity contribution in [3.05, 3.63) is 34.9 Å². The van der Waals surface area contributed by atoms with Gasteiger partial charge in [0.2, 0.25) is 11.8 Å². The molecule has 8 heteroatoms. The standard InChI is InChI=1S/C24H29N3O5/c28-20-5-4-19(21(29)26-20)27-14-16-3-2-15(12-18(16)22(27)30)13-25-23(31)32-17-6-10-24(11-7-17)8-1-9-24/h2-3,12,17,19H,1,4-11,13-14H2,(H,25,31)(H,26,28,29). The van der Waals surface area contributed by atoms with Crippen LogP contribution in [0.1, 0.15) is 79.3 Å². The molecule has 170 valence electrons. The zero-order valence-electron chi connectivity index (χ0n) is 18.2. The van der Waals surface area contributed by atoms with Gasteiger partial charge in [0, 0.05) is 25.1 Å². The first-order valence-electron chi connectivity index (χ1n) is 11.6. The summed E-state index contributed by atoms with van der Waals surface area (Å²) >= 11 is 0. The first-order valence-corrected chi connectivity index (χ1v) is 11.6. The van der Waals surface area contributed by atoms with Gasteiger partial charge in [-0.25, -0.2) is 4.79 Å². The van der Waals surface area contributed by atoms with Gasteiger partial charge in [-0.2, -0.15) is 0 Å². The van der Waals surface area contributed by atoms with Gasteiger partial charge in [0.25, 0.3) is 5.91 Å². The smallest absolute Gasteiger partial charge is 0.407 e. The number of alkyl carbamates (subject to hydrolysis) is 1. The zero-order valence-corrected chi connectivity index (χ0v) is 18.2. The van der Waals surface area contributed by atoms with Crippen LogP contribution >= 0.6 is 0 Å². The fraction of sp³-hybridized carbons (Fsp3) is 0.583. The van der Waals surface area contributed by atoms with E-state index in [-0.39, 0.29) is 30.9 Å². The highest BCUT2D eigenvalue weighted by atomic mass is 16.6. The van der Waals surface area contributed by atoms with Gasteiger partial charge in [-0.15, -0.1) is 0 Å². The third-order valence-electron chi connectivity index (χ3n) is 7.71. The average molecular weight is 440 g/mol. The van der Waals surface area contributed by atoms with Crippen molar-refractivity contribution in [2.45, 2.75) is 83.0 Å². The summed E-state index contributed by atoms with van der Waals surface area (Å²) in [7, 11) is 0. The molecule has 2 aliphatic heterocycles. The van der Waals surface area contributed by atoms with Crippen LogP contribution in [-0.2, 0) is 27.4 Å². The molecule has 8 nitrogen and oxygen atoms in total. The van der Waals surface area contributed by atoms with Gasteiger partial charge >= 0.3 is 6.09 Å². The molecular formula is C24H29N3O5. The molecule has 0 aromatic heterocycles. The maximum atomic E-state index is 12.9. The summed E-state index contributed by atoms with van der Waals surface area (Å²) in [5.41, 5.74) is 2.73. The Morgan fingerprint density at radius 3 is 2.59 bits per heavy atom. The topological polar surface area (TPSA) is 105 Å². The number of nitrogens with one attached hydrogen (secondary N) is 2. The number of imide groups is 1. The molecule has 1 unspecified atom stereocenters. The van der Waals surface area contributed by atoms with Crippen molar-refractivity contribution in [3.63, 3.8) is 0 Å². The Labute approximate surface area is 187 Å². The minimum atomic E-state index is -0.626. The average Bonchev–Trinajstić information content (AvgIpc) is 3.07. The number of carbonyl (C=O) groups excluding carboxylic acids is 4. The van der Waals surface area contributed by atoms with Crippen LogP contribution < -0.4 is 10.6 Å². The Morgan fingerprint density at radius 2 is 1.91 bits per heavy atom. The molecule has 2 saturated carbocycles. The van der Waals surface area contributed by atoms with E-state index in [1.165, 1.54) is 24.2 Å². The van der Waals surface area contributed by atoms with Crippen LogP contribution in [0.3, 0.4) is 0 Å². The number of piperidine rings is 1.